The molecule has 1 heterocycles. The lowest BCUT2D eigenvalue weighted by molar-refractivity contribution is 0.265. The van der Waals surface area contributed by atoms with Crippen molar-refractivity contribution in [1.29, 1.82) is 0 Å². The first kappa shape index (κ1) is 7.63. The summed E-state index contributed by atoms with van der Waals surface area (Å²) in [5.74, 6) is 1.12. The molecule has 0 unspecified atom stereocenters. The van der Waals surface area contributed by atoms with E-state index in [1.165, 1.54) is 6.07 Å². The Labute approximate surface area is 80.5 Å². The standard InChI is InChI=1S/C10H8ClFO/c11-7-1-2-8(12)10-9(7)6-3-5(6)4-13-10/h1-2,5-6H,3-4H2/t5-,6-/m1/s1. The molecule has 0 saturated heterocycles. The van der Waals surface area contributed by atoms with Crippen molar-refractivity contribution in [2.24, 2.45) is 5.92 Å². The van der Waals surface area contributed by atoms with E-state index in [1.807, 2.05) is 0 Å². The average molecular weight is 199 g/mol. The van der Waals surface area contributed by atoms with Gasteiger partial charge in [0.05, 0.1) is 6.61 Å². The molecule has 1 fully saturated rings. The summed E-state index contributed by atoms with van der Waals surface area (Å²) >= 11 is 5.99. The lowest BCUT2D eigenvalue weighted by atomic mass is 10.1. The summed E-state index contributed by atoms with van der Waals surface area (Å²) in [6.45, 7) is 0.648. The number of hydrogen-bond donors (Lipinski definition) is 0. The second-order valence-corrected chi connectivity index (χ2v) is 4.09. The molecule has 0 bridgehead atoms. The molecule has 1 aliphatic carbocycles. The summed E-state index contributed by atoms with van der Waals surface area (Å²) in [6, 6.07) is 2.98. The van der Waals surface area contributed by atoms with Crippen molar-refractivity contribution in [2.75, 3.05) is 6.61 Å². The highest BCUT2D eigenvalue weighted by Crippen LogP contribution is 2.56. The van der Waals surface area contributed by atoms with Crippen molar-refractivity contribution < 1.29 is 9.13 Å². The molecular formula is C10H8ClFO. The van der Waals surface area contributed by atoms with E-state index in [4.69, 9.17) is 16.3 Å². The molecule has 3 heteroatoms. The van der Waals surface area contributed by atoms with Gasteiger partial charge in [-0.05, 0) is 24.5 Å². The van der Waals surface area contributed by atoms with Crippen molar-refractivity contribution in [3.05, 3.63) is 28.5 Å². The minimum absolute atomic E-state index is 0.287. The topological polar surface area (TPSA) is 9.23 Å². The van der Waals surface area contributed by atoms with Crippen molar-refractivity contribution in [2.45, 2.75) is 12.3 Å². The van der Waals surface area contributed by atoms with Crippen LogP contribution in [0.1, 0.15) is 17.9 Å². The molecule has 0 spiro atoms. The van der Waals surface area contributed by atoms with Gasteiger partial charge in [-0.3, -0.25) is 0 Å². The summed E-state index contributed by atoms with van der Waals surface area (Å²) in [5.41, 5.74) is 0.887. The van der Waals surface area contributed by atoms with Crippen LogP contribution in [0.15, 0.2) is 12.1 Å². The van der Waals surface area contributed by atoms with Crippen LogP contribution in [0, 0.1) is 11.7 Å². The fourth-order valence-electron chi connectivity index (χ4n) is 2.02. The predicted octanol–water partition coefficient (Wildman–Crippen LogP) is 2.98. The summed E-state index contributed by atoms with van der Waals surface area (Å²) in [7, 11) is 0. The van der Waals surface area contributed by atoms with Gasteiger partial charge in [0.25, 0.3) is 0 Å². The molecule has 1 aliphatic heterocycles. The van der Waals surface area contributed by atoms with Gasteiger partial charge in [0.15, 0.2) is 11.6 Å². The Bertz CT molecular complexity index is 377. The summed E-state index contributed by atoms with van der Waals surface area (Å²) in [6.07, 6.45) is 1.09. The molecule has 13 heavy (non-hydrogen) atoms. The second kappa shape index (κ2) is 2.38. The van der Waals surface area contributed by atoms with Gasteiger partial charge >= 0.3 is 0 Å². The van der Waals surface area contributed by atoms with E-state index in [1.54, 1.807) is 6.07 Å². The van der Waals surface area contributed by atoms with E-state index < -0.39 is 0 Å². The van der Waals surface area contributed by atoms with Crippen LogP contribution in [-0.4, -0.2) is 6.61 Å². The highest BCUT2D eigenvalue weighted by Gasteiger charge is 2.45. The van der Waals surface area contributed by atoms with Crippen molar-refractivity contribution >= 4 is 11.6 Å². The summed E-state index contributed by atoms with van der Waals surface area (Å²) < 4.78 is 18.6. The molecule has 0 N–H and O–H groups in total. The first-order valence-corrected chi connectivity index (χ1v) is 4.76. The Balaban J connectivity index is 2.22. The largest absolute Gasteiger partial charge is 0.490 e. The van der Waals surface area contributed by atoms with Crippen LogP contribution in [0.5, 0.6) is 5.75 Å². The number of hydrogen-bond acceptors (Lipinski definition) is 1. The Morgan fingerprint density at radius 3 is 3.15 bits per heavy atom. The minimum atomic E-state index is -0.287. The average Bonchev–Trinajstić information content (AvgIpc) is 2.89. The van der Waals surface area contributed by atoms with Crippen LogP contribution >= 0.6 is 11.6 Å². The van der Waals surface area contributed by atoms with Gasteiger partial charge in [0.2, 0.25) is 0 Å². The van der Waals surface area contributed by atoms with Crippen LogP contribution in [0.3, 0.4) is 0 Å². The molecule has 1 nitrogen and oxygen atoms in total. The summed E-state index contributed by atoms with van der Waals surface area (Å²) in [4.78, 5) is 0. The highest BCUT2D eigenvalue weighted by atomic mass is 35.5. The molecule has 1 saturated carbocycles. The first-order valence-electron chi connectivity index (χ1n) is 4.38. The van der Waals surface area contributed by atoms with E-state index in [0.717, 1.165) is 12.0 Å². The molecule has 1 aromatic carbocycles. The zero-order chi connectivity index (χ0) is 9.00. The van der Waals surface area contributed by atoms with Crippen molar-refractivity contribution in [1.82, 2.24) is 0 Å². The van der Waals surface area contributed by atoms with Gasteiger partial charge in [-0.25, -0.2) is 4.39 Å². The van der Waals surface area contributed by atoms with Gasteiger partial charge in [-0.1, -0.05) is 11.6 Å². The number of benzene rings is 1. The van der Waals surface area contributed by atoms with E-state index in [2.05, 4.69) is 0 Å². The minimum Gasteiger partial charge on any atom is -0.490 e. The van der Waals surface area contributed by atoms with Crippen LogP contribution in [-0.2, 0) is 0 Å². The molecule has 0 aromatic heterocycles. The van der Waals surface area contributed by atoms with Gasteiger partial charge in [-0.2, -0.15) is 0 Å². The molecule has 0 radical (unpaired) electrons. The molecule has 3 rings (SSSR count). The van der Waals surface area contributed by atoms with Crippen molar-refractivity contribution in [3.63, 3.8) is 0 Å². The zero-order valence-electron chi connectivity index (χ0n) is 6.89. The number of fused-ring (bicyclic) bond motifs is 3. The number of rotatable bonds is 0. The van der Waals surface area contributed by atoms with Gasteiger partial charge in [0.1, 0.15) is 0 Å². The van der Waals surface area contributed by atoms with Gasteiger partial charge in [-0.15, -0.1) is 0 Å². The fraction of sp³-hybridized carbons (Fsp3) is 0.400. The van der Waals surface area contributed by atoms with E-state index in [-0.39, 0.29) is 5.82 Å². The van der Waals surface area contributed by atoms with Gasteiger partial charge in [0, 0.05) is 16.5 Å². The lowest BCUT2D eigenvalue weighted by Gasteiger charge is -2.17. The predicted molar refractivity (Wildman–Crippen MR) is 47.8 cm³/mol. The molecule has 1 aromatic rings. The highest BCUT2D eigenvalue weighted by molar-refractivity contribution is 6.31. The van der Waals surface area contributed by atoms with Gasteiger partial charge < -0.3 is 4.74 Å². The monoisotopic (exact) mass is 198 g/mol. The smallest absolute Gasteiger partial charge is 0.165 e. The third-order valence-corrected chi connectivity index (χ3v) is 3.16. The maximum Gasteiger partial charge on any atom is 0.165 e. The third-order valence-electron chi connectivity index (χ3n) is 2.83. The lowest BCUT2D eigenvalue weighted by Crippen LogP contribution is -2.10. The Hall–Kier alpha value is -0.760. The quantitative estimate of drug-likeness (QED) is 0.623. The number of ether oxygens (including phenoxy) is 1. The van der Waals surface area contributed by atoms with Crippen molar-refractivity contribution in [3.8, 4) is 5.75 Å². The maximum atomic E-state index is 13.3. The van der Waals surface area contributed by atoms with Crippen LogP contribution < -0.4 is 4.74 Å². The molecule has 68 valence electrons. The van der Waals surface area contributed by atoms with E-state index in [9.17, 15) is 4.39 Å². The third kappa shape index (κ3) is 0.983. The SMILES string of the molecule is Fc1ccc(Cl)c2c1OC[C@H]1C[C@@H]21. The van der Waals surface area contributed by atoms with Crippen LogP contribution in [0.2, 0.25) is 5.02 Å². The van der Waals surface area contributed by atoms with Crippen LogP contribution in [0.25, 0.3) is 0 Å². The Morgan fingerprint density at radius 1 is 1.46 bits per heavy atom. The zero-order valence-corrected chi connectivity index (χ0v) is 7.64. The molecular weight excluding hydrogens is 191 g/mol. The fourth-order valence-corrected chi connectivity index (χ4v) is 2.31. The first-order chi connectivity index (χ1) is 6.27. The summed E-state index contributed by atoms with van der Waals surface area (Å²) in [5, 5.41) is 0.642. The Kier molecular flexibility index (Phi) is 1.40. The van der Waals surface area contributed by atoms with E-state index in [0.29, 0.717) is 29.2 Å². The van der Waals surface area contributed by atoms with Crippen LogP contribution in [0.4, 0.5) is 4.39 Å². The molecule has 0 amide bonds. The number of halogens is 2. The molecule has 2 atom stereocenters. The Morgan fingerprint density at radius 2 is 2.31 bits per heavy atom. The maximum absolute atomic E-state index is 13.3. The molecule has 2 aliphatic rings. The normalized spacial score (nSPS) is 28.8. The second-order valence-electron chi connectivity index (χ2n) is 3.69. The van der Waals surface area contributed by atoms with E-state index >= 15 is 0 Å².